The van der Waals surface area contributed by atoms with Crippen LogP contribution in [-0.4, -0.2) is 62.8 Å². The van der Waals surface area contributed by atoms with Crippen molar-refractivity contribution in [2.45, 2.75) is 48.3 Å². The summed E-state index contributed by atoms with van der Waals surface area (Å²) in [6.07, 6.45) is 5.45. The number of fused-ring (bicyclic) bond motifs is 2. The Hall–Kier alpha value is -2.57. The number of aryl methyl sites for hydroxylation is 1. The van der Waals surface area contributed by atoms with Crippen LogP contribution < -0.4 is 20.5 Å². The molecule has 6 rings (SSSR count). The molecule has 3 aliphatic rings. The van der Waals surface area contributed by atoms with Crippen molar-refractivity contribution < 1.29 is 14.3 Å². The molecule has 12 heteroatoms. The SMILES string of the molecule is Nc1ncnc2c1nc(Sc1cc3c(cc1Br)OCO3)n2CCC1CCN(C(=O)[C@@H]2CCN2)CC1. The largest absolute Gasteiger partial charge is 0.454 e. The first-order valence-corrected chi connectivity index (χ1v) is 13.4. The Kier molecular flexibility index (Phi) is 6.19. The van der Waals surface area contributed by atoms with Gasteiger partial charge < -0.3 is 30.0 Å². The average Bonchev–Trinajstić information content (AvgIpc) is 3.41. The Morgan fingerprint density at radius 1 is 1.20 bits per heavy atom. The average molecular weight is 560 g/mol. The molecule has 0 aliphatic carbocycles. The molecule has 2 saturated heterocycles. The molecule has 0 spiro atoms. The van der Waals surface area contributed by atoms with Crippen molar-refractivity contribution in [2.75, 3.05) is 32.2 Å². The number of aromatic nitrogens is 4. The highest BCUT2D eigenvalue weighted by molar-refractivity contribution is 9.10. The summed E-state index contributed by atoms with van der Waals surface area (Å²) in [6.45, 7) is 3.59. The molecule has 0 radical (unpaired) electrons. The molecule has 1 amide bonds. The fourth-order valence-corrected chi connectivity index (χ4v) is 6.27. The van der Waals surface area contributed by atoms with E-state index in [2.05, 4.69) is 35.8 Å². The topological polar surface area (TPSA) is 120 Å². The molecule has 1 atom stereocenters. The van der Waals surface area contributed by atoms with Gasteiger partial charge in [0.05, 0.1) is 6.04 Å². The van der Waals surface area contributed by atoms with E-state index >= 15 is 0 Å². The maximum atomic E-state index is 12.5. The van der Waals surface area contributed by atoms with E-state index in [-0.39, 0.29) is 18.7 Å². The third-order valence-electron chi connectivity index (χ3n) is 6.96. The minimum absolute atomic E-state index is 0.0316. The summed E-state index contributed by atoms with van der Waals surface area (Å²) in [5, 5.41) is 4.02. The van der Waals surface area contributed by atoms with Crippen molar-refractivity contribution in [1.29, 1.82) is 0 Å². The number of imidazole rings is 1. The monoisotopic (exact) mass is 559 g/mol. The Balaban J connectivity index is 1.19. The van der Waals surface area contributed by atoms with E-state index in [1.165, 1.54) is 18.1 Å². The van der Waals surface area contributed by atoms with Gasteiger partial charge in [-0.05, 0) is 66.2 Å². The van der Waals surface area contributed by atoms with Crippen LogP contribution in [0, 0.1) is 5.92 Å². The highest BCUT2D eigenvalue weighted by Crippen LogP contribution is 2.43. The van der Waals surface area contributed by atoms with Crippen molar-refractivity contribution in [3.05, 3.63) is 22.9 Å². The second-order valence-corrected chi connectivity index (χ2v) is 10.9. The molecule has 0 bridgehead atoms. The minimum Gasteiger partial charge on any atom is -0.454 e. The highest BCUT2D eigenvalue weighted by atomic mass is 79.9. The van der Waals surface area contributed by atoms with Gasteiger partial charge in [-0.25, -0.2) is 15.0 Å². The summed E-state index contributed by atoms with van der Waals surface area (Å²) in [5.74, 6) is 2.62. The molecule has 3 aliphatic heterocycles. The molecule has 184 valence electrons. The zero-order valence-corrected chi connectivity index (χ0v) is 21.5. The van der Waals surface area contributed by atoms with Gasteiger partial charge in [0, 0.05) is 29.0 Å². The lowest BCUT2D eigenvalue weighted by atomic mass is 9.92. The standard InChI is InChI=1S/C23H26BrN7O3S/c24-14-9-16-17(34-12-33-16)10-18(14)35-23-29-19-20(25)27-11-28-21(19)31(23)8-4-13-2-6-30(7-3-13)22(32)15-1-5-26-15/h9-11,13,15,26H,1-8,12H2,(H2,25,27,28)/t15-/m0/s1. The fraction of sp³-hybridized carbons (Fsp3) is 0.478. The Bertz CT molecular complexity index is 1270. The van der Waals surface area contributed by atoms with Gasteiger partial charge in [0.25, 0.3) is 0 Å². The van der Waals surface area contributed by atoms with E-state index in [9.17, 15) is 4.79 Å². The van der Waals surface area contributed by atoms with Gasteiger partial charge in [0.15, 0.2) is 33.6 Å². The van der Waals surface area contributed by atoms with Crippen molar-refractivity contribution in [2.24, 2.45) is 5.92 Å². The molecule has 2 fully saturated rings. The smallest absolute Gasteiger partial charge is 0.239 e. The highest BCUT2D eigenvalue weighted by Gasteiger charge is 2.31. The number of halogens is 1. The molecule has 3 N–H and O–H groups in total. The van der Waals surface area contributed by atoms with E-state index in [0.29, 0.717) is 17.3 Å². The number of carbonyl (C=O) groups excluding carboxylic acids is 1. The molecule has 2 aromatic heterocycles. The van der Waals surface area contributed by atoms with E-state index < -0.39 is 0 Å². The van der Waals surface area contributed by atoms with Crippen molar-refractivity contribution in [3.8, 4) is 11.5 Å². The summed E-state index contributed by atoms with van der Waals surface area (Å²) < 4.78 is 14.1. The summed E-state index contributed by atoms with van der Waals surface area (Å²) in [6, 6.07) is 3.91. The number of hydrogen-bond donors (Lipinski definition) is 2. The van der Waals surface area contributed by atoms with Crippen LogP contribution in [0.1, 0.15) is 25.7 Å². The molecule has 1 aromatic carbocycles. The van der Waals surface area contributed by atoms with Crippen LogP contribution >= 0.6 is 27.7 Å². The van der Waals surface area contributed by atoms with Crippen LogP contribution in [-0.2, 0) is 11.3 Å². The molecule has 0 unspecified atom stereocenters. The van der Waals surface area contributed by atoms with Gasteiger partial charge in [-0.3, -0.25) is 4.79 Å². The van der Waals surface area contributed by atoms with Crippen molar-refractivity contribution in [1.82, 2.24) is 29.7 Å². The van der Waals surface area contributed by atoms with Crippen molar-refractivity contribution >= 4 is 50.6 Å². The first-order valence-electron chi connectivity index (χ1n) is 11.8. The number of anilines is 1. The number of piperidine rings is 1. The number of amides is 1. The number of carbonyl (C=O) groups is 1. The van der Waals surface area contributed by atoms with E-state index in [4.69, 9.17) is 20.2 Å². The normalized spacial score (nSPS) is 19.8. The maximum Gasteiger partial charge on any atom is 0.239 e. The lowest BCUT2D eigenvalue weighted by molar-refractivity contribution is -0.136. The number of ether oxygens (including phenoxy) is 2. The number of nitrogens with zero attached hydrogens (tertiary/aromatic N) is 5. The van der Waals surface area contributed by atoms with E-state index in [0.717, 1.165) is 83.5 Å². The van der Waals surface area contributed by atoms with Crippen LogP contribution in [0.5, 0.6) is 11.5 Å². The number of nitrogens with two attached hydrogens (primary N) is 1. The zero-order chi connectivity index (χ0) is 23.9. The Labute approximate surface area is 215 Å². The van der Waals surface area contributed by atoms with Gasteiger partial charge in [-0.15, -0.1) is 0 Å². The summed E-state index contributed by atoms with van der Waals surface area (Å²) in [4.78, 5) is 28.9. The summed E-state index contributed by atoms with van der Waals surface area (Å²) >= 11 is 5.18. The van der Waals surface area contributed by atoms with Crippen LogP contribution in [0.4, 0.5) is 5.82 Å². The minimum atomic E-state index is 0.0316. The molecule has 35 heavy (non-hydrogen) atoms. The van der Waals surface area contributed by atoms with Gasteiger partial charge in [0.1, 0.15) is 6.33 Å². The van der Waals surface area contributed by atoms with E-state index in [1.54, 1.807) is 0 Å². The Morgan fingerprint density at radius 3 is 2.71 bits per heavy atom. The number of rotatable bonds is 6. The zero-order valence-electron chi connectivity index (χ0n) is 19.1. The maximum absolute atomic E-state index is 12.5. The van der Waals surface area contributed by atoms with Gasteiger partial charge in [-0.2, -0.15) is 0 Å². The molecule has 0 saturated carbocycles. The predicted octanol–water partition coefficient (Wildman–Crippen LogP) is 3.04. The number of benzene rings is 1. The second-order valence-electron chi connectivity index (χ2n) is 9.07. The third-order valence-corrected chi connectivity index (χ3v) is 8.93. The summed E-state index contributed by atoms with van der Waals surface area (Å²) in [5.41, 5.74) is 7.48. The first-order chi connectivity index (χ1) is 17.1. The number of hydrogen-bond acceptors (Lipinski definition) is 9. The molecular weight excluding hydrogens is 534 g/mol. The van der Waals surface area contributed by atoms with Gasteiger partial charge >= 0.3 is 0 Å². The van der Waals surface area contributed by atoms with Crippen LogP contribution in [0.3, 0.4) is 0 Å². The Morgan fingerprint density at radius 2 is 1.97 bits per heavy atom. The number of nitrogens with one attached hydrogen (secondary N) is 1. The quantitative estimate of drug-likeness (QED) is 0.469. The lowest BCUT2D eigenvalue weighted by Crippen LogP contribution is -2.55. The molecule has 10 nitrogen and oxygen atoms in total. The third kappa shape index (κ3) is 4.43. The molecule has 5 heterocycles. The second kappa shape index (κ2) is 9.47. The van der Waals surface area contributed by atoms with Crippen LogP contribution in [0.15, 0.2) is 33.0 Å². The number of nitrogen functional groups attached to an aromatic ring is 1. The number of likely N-dealkylation sites (tertiary alicyclic amines) is 1. The molecular formula is C23H26BrN7O3S. The van der Waals surface area contributed by atoms with Crippen LogP contribution in [0.25, 0.3) is 11.2 Å². The summed E-state index contributed by atoms with van der Waals surface area (Å²) in [7, 11) is 0. The van der Waals surface area contributed by atoms with Crippen LogP contribution in [0.2, 0.25) is 0 Å². The van der Waals surface area contributed by atoms with Gasteiger partial charge in [-0.1, -0.05) is 11.8 Å². The van der Waals surface area contributed by atoms with Gasteiger partial charge in [0.2, 0.25) is 12.7 Å². The predicted molar refractivity (Wildman–Crippen MR) is 134 cm³/mol. The van der Waals surface area contributed by atoms with E-state index in [1.807, 2.05) is 17.0 Å². The molecule has 3 aromatic rings. The first kappa shape index (κ1) is 22.9. The fourth-order valence-electron chi connectivity index (χ4n) is 4.76. The van der Waals surface area contributed by atoms with Crippen molar-refractivity contribution in [3.63, 3.8) is 0 Å². The lowest BCUT2D eigenvalue weighted by Gasteiger charge is -2.37.